The van der Waals surface area contributed by atoms with Crippen molar-refractivity contribution in [3.05, 3.63) is 40.9 Å². The number of rotatable bonds is 3. The first-order valence-electron chi connectivity index (χ1n) is 5.07. The maximum Gasteiger partial charge on any atom is 0.258 e. The standard InChI is InChI=1S/C12H12N2O2S/c1-8-11(7-17-14-8)12(15)13-9-3-5-10(16-2)6-4-9/h3-7H,1-2H3,(H,13,15). The number of ether oxygens (including phenoxy) is 1. The van der Waals surface area contributed by atoms with Gasteiger partial charge in [-0.05, 0) is 42.7 Å². The molecule has 0 atom stereocenters. The van der Waals surface area contributed by atoms with Gasteiger partial charge in [-0.15, -0.1) is 0 Å². The lowest BCUT2D eigenvalue weighted by molar-refractivity contribution is 0.102. The molecule has 0 aliphatic carbocycles. The van der Waals surface area contributed by atoms with Gasteiger partial charge in [0.2, 0.25) is 0 Å². The van der Waals surface area contributed by atoms with Crippen molar-refractivity contribution >= 4 is 23.1 Å². The Morgan fingerprint density at radius 3 is 2.59 bits per heavy atom. The molecular formula is C12H12N2O2S. The molecule has 0 saturated carbocycles. The van der Waals surface area contributed by atoms with Crippen LogP contribution in [-0.2, 0) is 0 Å². The lowest BCUT2D eigenvalue weighted by Gasteiger charge is -2.05. The van der Waals surface area contributed by atoms with Crippen LogP contribution in [0.25, 0.3) is 0 Å². The van der Waals surface area contributed by atoms with E-state index in [0.717, 1.165) is 17.1 Å². The Bertz CT molecular complexity index is 520. The van der Waals surface area contributed by atoms with E-state index in [9.17, 15) is 4.79 Å². The predicted molar refractivity (Wildman–Crippen MR) is 67.8 cm³/mol. The number of nitrogens with zero attached hydrogens (tertiary/aromatic N) is 1. The number of nitrogens with one attached hydrogen (secondary N) is 1. The normalized spacial score (nSPS) is 10.0. The van der Waals surface area contributed by atoms with Gasteiger partial charge >= 0.3 is 0 Å². The second-order valence-electron chi connectivity index (χ2n) is 3.50. The number of amides is 1. The van der Waals surface area contributed by atoms with Gasteiger partial charge in [-0.1, -0.05) is 0 Å². The summed E-state index contributed by atoms with van der Waals surface area (Å²) in [6.07, 6.45) is 0. The van der Waals surface area contributed by atoms with Crippen molar-refractivity contribution < 1.29 is 9.53 Å². The largest absolute Gasteiger partial charge is 0.497 e. The third kappa shape index (κ3) is 2.62. The van der Waals surface area contributed by atoms with Crippen LogP contribution in [0.3, 0.4) is 0 Å². The average Bonchev–Trinajstić information content (AvgIpc) is 2.76. The van der Waals surface area contributed by atoms with Gasteiger partial charge in [-0.3, -0.25) is 4.79 Å². The van der Waals surface area contributed by atoms with E-state index in [1.165, 1.54) is 11.5 Å². The monoisotopic (exact) mass is 248 g/mol. The van der Waals surface area contributed by atoms with E-state index in [1.54, 1.807) is 36.8 Å². The first-order valence-corrected chi connectivity index (χ1v) is 5.90. The molecule has 2 aromatic rings. The summed E-state index contributed by atoms with van der Waals surface area (Å²) in [5, 5.41) is 4.55. The van der Waals surface area contributed by atoms with E-state index in [4.69, 9.17) is 4.74 Å². The summed E-state index contributed by atoms with van der Waals surface area (Å²) >= 11 is 1.28. The Morgan fingerprint density at radius 2 is 2.06 bits per heavy atom. The number of hydrogen-bond acceptors (Lipinski definition) is 4. The first kappa shape index (κ1) is 11.6. The van der Waals surface area contributed by atoms with Crippen molar-refractivity contribution in [3.8, 4) is 5.75 Å². The van der Waals surface area contributed by atoms with Crippen molar-refractivity contribution in [1.82, 2.24) is 4.37 Å². The van der Waals surface area contributed by atoms with Crippen LogP contribution >= 0.6 is 11.5 Å². The van der Waals surface area contributed by atoms with Crippen LogP contribution in [-0.4, -0.2) is 17.4 Å². The molecule has 88 valence electrons. The van der Waals surface area contributed by atoms with Crippen molar-refractivity contribution in [2.75, 3.05) is 12.4 Å². The average molecular weight is 248 g/mol. The number of aromatic nitrogens is 1. The molecule has 0 unspecified atom stereocenters. The van der Waals surface area contributed by atoms with Gasteiger partial charge in [0.15, 0.2) is 0 Å². The molecule has 0 spiro atoms. The van der Waals surface area contributed by atoms with Crippen LogP contribution in [0.1, 0.15) is 16.1 Å². The second kappa shape index (κ2) is 4.97. The van der Waals surface area contributed by atoms with Gasteiger partial charge in [-0.25, -0.2) is 0 Å². The molecule has 0 bridgehead atoms. The number of carbonyl (C=O) groups is 1. The fraction of sp³-hybridized carbons (Fsp3) is 0.167. The SMILES string of the molecule is COc1ccc(NC(=O)c2csnc2C)cc1. The van der Waals surface area contributed by atoms with Crippen molar-refractivity contribution in [3.63, 3.8) is 0 Å². The lowest BCUT2D eigenvalue weighted by Crippen LogP contribution is -2.12. The van der Waals surface area contributed by atoms with Crippen molar-refractivity contribution in [2.24, 2.45) is 0 Å². The minimum absolute atomic E-state index is 0.138. The summed E-state index contributed by atoms with van der Waals surface area (Å²) in [6, 6.07) is 7.19. The summed E-state index contributed by atoms with van der Waals surface area (Å²) in [6.45, 7) is 1.82. The first-order chi connectivity index (χ1) is 8.20. The topological polar surface area (TPSA) is 51.2 Å². The maximum atomic E-state index is 11.9. The van der Waals surface area contributed by atoms with E-state index in [1.807, 2.05) is 6.92 Å². The number of aryl methyl sites for hydroxylation is 1. The van der Waals surface area contributed by atoms with Gasteiger partial charge in [0.25, 0.3) is 5.91 Å². The minimum Gasteiger partial charge on any atom is -0.497 e. The zero-order chi connectivity index (χ0) is 12.3. The van der Waals surface area contributed by atoms with Crippen LogP contribution in [0, 0.1) is 6.92 Å². The molecular weight excluding hydrogens is 236 g/mol. The van der Waals surface area contributed by atoms with E-state index in [2.05, 4.69) is 9.69 Å². The van der Waals surface area contributed by atoms with Gasteiger partial charge in [0.05, 0.1) is 18.4 Å². The Hall–Kier alpha value is -1.88. The summed E-state index contributed by atoms with van der Waals surface area (Å²) < 4.78 is 9.11. The van der Waals surface area contributed by atoms with Gasteiger partial charge in [-0.2, -0.15) is 4.37 Å². The molecule has 1 aromatic carbocycles. The maximum absolute atomic E-state index is 11.9. The molecule has 2 rings (SSSR count). The molecule has 4 nitrogen and oxygen atoms in total. The zero-order valence-corrected chi connectivity index (χ0v) is 10.4. The van der Waals surface area contributed by atoms with Crippen LogP contribution in [0.4, 0.5) is 5.69 Å². The molecule has 0 aliphatic heterocycles. The highest BCUT2D eigenvalue weighted by Gasteiger charge is 2.11. The summed E-state index contributed by atoms with van der Waals surface area (Å²) in [4.78, 5) is 11.9. The summed E-state index contributed by atoms with van der Waals surface area (Å²) in [5.41, 5.74) is 2.10. The fourth-order valence-electron chi connectivity index (χ4n) is 1.38. The fourth-order valence-corrected chi connectivity index (χ4v) is 2.08. The quantitative estimate of drug-likeness (QED) is 0.908. The predicted octanol–water partition coefficient (Wildman–Crippen LogP) is 2.71. The van der Waals surface area contributed by atoms with E-state index in [-0.39, 0.29) is 5.91 Å². The van der Waals surface area contributed by atoms with Gasteiger partial charge in [0, 0.05) is 11.1 Å². The Morgan fingerprint density at radius 1 is 1.35 bits per heavy atom. The van der Waals surface area contributed by atoms with Gasteiger partial charge < -0.3 is 10.1 Å². The molecule has 1 heterocycles. The van der Waals surface area contributed by atoms with Crippen molar-refractivity contribution in [2.45, 2.75) is 6.92 Å². The van der Waals surface area contributed by atoms with Crippen molar-refractivity contribution in [1.29, 1.82) is 0 Å². The molecule has 0 fully saturated rings. The van der Waals surface area contributed by atoms with Crippen LogP contribution < -0.4 is 10.1 Å². The van der Waals surface area contributed by atoms with Crippen LogP contribution in [0.15, 0.2) is 29.6 Å². The highest BCUT2D eigenvalue weighted by atomic mass is 32.1. The Balaban J connectivity index is 2.10. The van der Waals surface area contributed by atoms with E-state index < -0.39 is 0 Å². The van der Waals surface area contributed by atoms with Gasteiger partial charge in [0.1, 0.15) is 5.75 Å². The Kier molecular flexibility index (Phi) is 3.39. The molecule has 1 amide bonds. The highest BCUT2D eigenvalue weighted by molar-refractivity contribution is 7.04. The number of methoxy groups -OCH3 is 1. The summed E-state index contributed by atoms with van der Waals surface area (Å²) in [7, 11) is 1.61. The molecule has 0 radical (unpaired) electrons. The molecule has 0 saturated heterocycles. The lowest BCUT2D eigenvalue weighted by atomic mass is 10.2. The van der Waals surface area contributed by atoms with E-state index in [0.29, 0.717) is 5.56 Å². The zero-order valence-electron chi connectivity index (χ0n) is 9.56. The van der Waals surface area contributed by atoms with Crippen LogP contribution in [0.5, 0.6) is 5.75 Å². The minimum atomic E-state index is -0.138. The number of anilines is 1. The summed E-state index contributed by atoms with van der Waals surface area (Å²) in [5.74, 6) is 0.623. The number of hydrogen-bond donors (Lipinski definition) is 1. The molecule has 5 heteroatoms. The third-order valence-corrected chi connectivity index (χ3v) is 3.06. The van der Waals surface area contributed by atoms with E-state index >= 15 is 0 Å². The molecule has 17 heavy (non-hydrogen) atoms. The smallest absolute Gasteiger partial charge is 0.258 e. The van der Waals surface area contributed by atoms with Crippen LogP contribution in [0.2, 0.25) is 0 Å². The highest BCUT2D eigenvalue weighted by Crippen LogP contribution is 2.17. The number of carbonyl (C=O) groups excluding carboxylic acids is 1. The molecule has 0 aliphatic rings. The molecule has 1 N–H and O–H groups in total. The Labute approximate surface area is 103 Å². The third-order valence-electron chi connectivity index (χ3n) is 2.34. The number of benzene rings is 1. The molecule has 1 aromatic heterocycles. The second-order valence-corrected chi connectivity index (χ2v) is 4.13.